The quantitative estimate of drug-likeness (QED) is 0.805. The Hall–Kier alpha value is -1.65. The third-order valence-corrected chi connectivity index (χ3v) is 5.01. The topological polar surface area (TPSA) is 38.3 Å². The Morgan fingerprint density at radius 1 is 1.25 bits per heavy atom. The molecular weight excluding hydrogens is 366 g/mol. The van der Waals surface area contributed by atoms with Crippen molar-refractivity contribution in [2.75, 3.05) is 6.61 Å². The van der Waals surface area contributed by atoms with Crippen LogP contribution in [0, 0.1) is 0 Å². The number of rotatable bonds is 5. The molecule has 3 rings (SSSR count). The van der Waals surface area contributed by atoms with Crippen molar-refractivity contribution in [3.05, 3.63) is 69.7 Å². The van der Waals surface area contributed by atoms with Gasteiger partial charge in [0.2, 0.25) is 5.91 Å². The molecule has 0 bridgehead atoms. The number of hydrogen-bond acceptors (Lipinski definition) is 2. The van der Waals surface area contributed by atoms with Crippen LogP contribution in [0.3, 0.4) is 0 Å². The third kappa shape index (κ3) is 4.05. The number of ether oxygens (including phenoxy) is 1. The average Bonchev–Trinajstić information content (AvgIpc) is 2.61. The van der Waals surface area contributed by atoms with E-state index in [1.807, 2.05) is 36.4 Å². The van der Waals surface area contributed by atoms with Gasteiger partial charge >= 0.3 is 0 Å². The second-order valence-electron chi connectivity index (χ2n) is 6.09. The predicted molar refractivity (Wildman–Crippen MR) is 98.8 cm³/mol. The van der Waals surface area contributed by atoms with Crippen LogP contribution in [0.25, 0.3) is 0 Å². The lowest BCUT2D eigenvalue weighted by molar-refractivity contribution is -0.125. The highest BCUT2D eigenvalue weighted by Gasteiger charge is 2.24. The first kappa shape index (κ1) is 17.2. The molecule has 0 aliphatic carbocycles. The first-order valence-electron chi connectivity index (χ1n) is 8.41. The molecule has 1 aliphatic heterocycles. The van der Waals surface area contributed by atoms with Gasteiger partial charge in [0.05, 0.1) is 25.2 Å². The molecule has 0 saturated heterocycles. The van der Waals surface area contributed by atoms with Crippen molar-refractivity contribution in [1.29, 1.82) is 0 Å². The summed E-state index contributed by atoms with van der Waals surface area (Å²) in [5, 5.41) is 3.15. The summed E-state index contributed by atoms with van der Waals surface area (Å²) in [7, 11) is 0. The summed E-state index contributed by atoms with van der Waals surface area (Å²) in [6, 6.07) is 16.4. The second kappa shape index (κ2) is 7.95. The summed E-state index contributed by atoms with van der Waals surface area (Å²) >= 11 is 3.44. The van der Waals surface area contributed by atoms with Crippen LogP contribution in [0.5, 0.6) is 0 Å². The van der Waals surface area contributed by atoms with Crippen molar-refractivity contribution in [2.24, 2.45) is 0 Å². The van der Waals surface area contributed by atoms with E-state index in [9.17, 15) is 4.79 Å². The zero-order chi connectivity index (χ0) is 16.9. The smallest absolute Gasteiger partial charge is 0.223 e. The molecule has 1 amide bonds. The molecule has 4 heteroatoms. The van der Waals surface area contributed by atoms with Crippen molar-refractivity contribution >= 4 is 21.8 Å². The number of amides is 1. The van der Waals surface area contributed by atoms with E-state index in [0.717, 1.165) is 28.4 Å². The number of halogens is 1. The van der Waals surface area contributed by atoms with Crippen LogP contribution in [0.4, 0.5) is 0 Å². The van der Waals surface area contributed by atoms with Gasteiger partial charge in [-0.3, -0.25) is 4.79 Å². The van der Waals surface area contributed by atoms with Crippen LogP contribution >= 0.6 is 15.9 Å². The summed E-state index contributed by atoms with van der Waals surface area (Å²) in [5.41, 5.74) is 3.57. The number of nitrogens with one attached hydrogen (secondary N) is 1. The molecule has 2 aromatic carbocycles. The van der Waals surface area contributed by atoms with Crippen LogP contribution in [-0.4, -0.2) is 12.5 Å². The molecule has 1 N–H and O–H groups in total. The normalized spacial score (nSPS) is 17.8. The molecule has 0 fully saturated rings. The van der Waals surface area contributed by atoms with Gasteiger partial charge in [0.1, 0.15) is 0 Å². The fourth-order valence-electron chi connectivity index (χ4n) is 3.18. The number of hydrogen-bond donors (Lipinski definition) is 1. The minimum absolute atomic E-state index is 0.0319. The maximum Gasteiger partial charge on any atom is 0.223 e. The molecule has 0 spiro atoms. The molecular formula is C20H22BrNO2. The van der Waals surface area contributed by atoms with Crippen molar-refractivity contribution in [3.8, 4) is 0 Å². The molecule has 126 valence electrons. The number of carbonyl (C=O) groups is 1. The average molecular weight is 388 g/mol. The number of carbonyl (C=O) groups excluding carboxylic acids is 1. The van der Waals surface area contributed by atoms with Gasteiger partial charge < -0.3 is 10.1 Å². The molecule has 2 atom stereocenters. The lowest BCUT2D eigenvalue weighted by Crippen LogP contribution is -2.31. The molecule has 1 aliphatic rings. The van der Waals surface area contributed by atoms with E-state index < -0.39 is 0 Å². The van der Waals surface area contributed by atoms with Crippen LogP contribution in [-0.2, 0) is 16.0 Å². The van der Waals surface area contributed by atoms with Crippen LogP contribution < -0.4 is 5.32 Å². The second-order valence-corrected chi connectivity index (χ2v) is 7.01. The van der Waals surface area contributed by atoms with Crippen molar-refractivity contribution in [3.63, 3.8) is 0 Å². The standard InChI is InChI=1S/C20H22BrNO2/c1-2-18(15-7-9-16(21)10-8-15)22-20(23)13-19-17-6-4-3-5-14(17)11-12-24-19/h3-10,18-19H,2,11-13H2,1H3,(H,22,23). The van der Waals surface area contributed by atoms with E-state index in [1.165, 1.54) is 5.56 Å². The van der Waals surface area contributed by atoms with Gasteiger partial charge in [-0.1, -0.05) is 59.3 Å². The van der Waals surface area contributed by atoms with Gasteiger partial charge in [0, 0.05) is 4.47 Å². The molecule has 0 aromatic heterocycles. The van der Waals surface area contributed by atoms with E-state index in [4.69, 9.17) is 4.74 Å². The molecule has 2 aromatic rings. The van der Waals surface area contributed by atoms with Gasteiger partial charge in [0.15, 0.2) is 0 Å². The molecule has 2 unspecified atom stereocenters. The van der Waals surface area contributed by atoms with Crippen molar-refractivity contribution in [2.45, 2.75) is 38.3 Å². The molecule has 0 saturated carbocycles. The van der Waals surface area contributed by atoms with Crippen LogP contribution in [0.15, 0.2) is 53.0 Å². The van der Waals surface area contributed by atoms with Gasteiger partial charge in [-0.25, -0.2) is 0 Å². The van der Waals surface area contributed by atoms with Crippen LogP contribution in [0.2, 0.25) is 0 Å². The molecule has 24 heavy (non-hydrogen) atoms. The number of benzene rings is 2. The Morgan fingerprint density at radius 2 is 2.00 bits per heavy atom. The Bertz CT molecular complexity index is 699. The SMILES string of the molecule is CCC(NC(=O)CC1OCCc2ccccc21)c1ccc(Br)cc1. The summed E-state index contributed by atoms with van der Waals surface area (Å²) in [6.45, 7) is 2.76. The summed E-state index contributed by atoms with van der Waals surface area (Å²) in [4.78, 5) is 12.5. The molecule has 3 nitrogen and oxygen atoms in total. The van der Waals surface area contributed by atoms with E-state index in [0.29, 0.717) is 13.0 Å². The number of fused-ring (bicyclic) bond motifs is 1. The van der Waals surface area contributed by atoms with Crippen molar-refractivity contribution in [1.82, 2.24) is 5.32 Å². The van der Waals surface area contributed by atoms with E-state index in [2.05, 4.69) is 40.3 Å². The van der Waals surface area contributed by atoms with Crippen LogP contribution in [0.1, 0.15) is 48.6 Å². The van der Waals surface area contributed by atoms with Gasteiger partial charge in [-0.15, -0.1) is 0 Å². The van der Waals surface area contributed by atoms with Crippen molar-refractivity contribution < 1.29 is 9.53 Å². The molecule has 0 radical (unpaired) electrons. The summed E-state index contributed by atoms with van der Waals surface area (Å²) in [6.07, 6.45) is 2.00. The van der Waals surface area contributed by atoms with Gasteiger partial charge in [0.25, 0.3) is 0 Å². The fourth-order valence-corrected chi connectivity index (χ4v) is 3.45. The Kier molecular flexibility index (Phi) is 5.69. The Balaban J connectivity index is 1.66. The molecule has 1 heterocycles. The minimum Gasteiger partial charge on any atom is -0.373 e. The first-order valence-corrected chi connectivity index (χ1v) is 9.21. The predicted octanol–water partition coefficient (Wildman–Crippen LogP) is 4.72. The lowest BCUT2D eigenvalue weighted by Gasteiger charge is -2.26. The highest BCUT2D eigenvalue weighted by atomic mass is 79.9. The van der Waals surface area contributed by atoms with E-state index in [-0.39, 0.29) is 18.1 Å². The van der Waals surface area contributed by atoms with E-state index in [1.54, 1.807) is 0 Å². The minimum atomic E-state index is -0.141. The fraction of sp³-hybridized carbons (Fsp3) is 0.350. The monoisotopic (exact) mass is 387 g/mol. The Morgan fingerprint density at radius 3 is 2.75 bits per heavy atom. The highest BCUT2D eigenvalue weighted by Crippen LogP contribution is 2.30. The lowest BCUT2D eigenvalue weighted by atomic mass is 9.95. The van der Waals surface area contributed by atoms with Gasteiger partial charge in [-0.2, -0.15) is 0 Å². The largest absolute Gasteiger partial charge is 0.373 e. The van der Waals surface area contributed by atoms with E-state index >= 15 is 0 Å². The van der Waals surface area contributed by atoms with Gasteiger partial charge in [-0.05, 0) is 41.7 Å². The summed E-state index contributed by atoms with van der Waals surface area (Å²) in [5.74, 6) is 0.0338. The first-order chi connectivity index (χ1) is 11.7. The highest BCUT2D eigenvalue weighted by molar-refractivity contribution is 9.10. The maximum absolute atomic E-state index is 12.5. The Labute approximate surface area is 151 Å². The maximum atomic E-state index is 12.5. The zero-order valence-corrected chi connectivity index (χ0v) is 15.4. The summed E-state index contributed by atoms with van der Waals surface area (Å²) < 4.78 is 6.89. The third-order valence-electron chi connectivity index (χ3n) is 4.48. The zero-order valence-electron chi connectivity index (χ0n) is 13.8.